The van der Waals surface area contributed by atoms with E-state index in [0.29, 0.717) is 12.8 Å². The number of ether oxygens (including phenoxy) is 6. The maximum Gasteiger partial charge on any atom is 0.220 e. The van der Waals surface area contributed by atoms with Gasteiger partial charge in [0.05, 0.1) is 38.6 Å². The van der Waals surface area contributed by atoms with E-state index in [1.165, 1.54) is 199 Å². The predicted molar refractivity (Wildman–Crippen MR) is 447 cm³/mol. The van der Waals surface area contributed by atoms with Gasteiger partial charge in [0.2, 0.25) is 5.91 Å². The molecule has 19 heteroatoms. The molecule has 1 amide bonds. The van der Waals surface area contributed by atoms with E-state index in [2.05, 4.69) is 129 Å². The third-order valence-electron chi connectivity index (χ3n) is 21.2. The zero-order valence-corrected chi connectivity index (χ0v) is 68.9. The second kappa shape index (κ2) is 70.4. The largest absolute Gasteiger partial charge is 0.394 e. The number of carbonyl (C=O) groups is 1. The summed E-state index contributed by atoms with van der Waals surface area (Å²) < 4.78 is 34.5. The van der Waals surface area contributed by atoms with Gasteiger partial charge in [-0.3, -0.25) is 4.79 Å². The zero-order chi connectivity index (χ0) is 80.3. The molecule has 0 bridgehead atoms. The first kappa shape index (κ1) is 101. The van der Waals surface area contributed by atoms with E-state index in [4.69, 9.17) is 28.4 Å². The van der Waals surface area contributed by atoms with Crippen molar-refractivity contribution in [3.63, 3.8) is 0 Å². The molecule has 0 saturated carbocycles. The number of aliphatic hydroxyl groups is 11. The lowest BCUT2D eigenvalue weighted by molar-refractivity contribution is -0.379. The summed E-state index contributed by atoms with van der Waals surface area (Å²) in [4.78, 5) is 13.5. The average molecular weight is 1570 g/mol. The summed E-state index contributed by atoms with van der Waals surface area (Å²) in [5, 5.41) is 121. The van der Waals surface area contributed by atoms with E-state index in [1.807, 2.05) is 6.08 Å². The van der Waals surface area contributed by atoms with Crippen LogP contribution in [0.25, 0.3) is 0 Å². The lowest BCUT2D eigenvalue weighted by atomic mass is 9.96. The maximum atomic E-state index is 13.5. The minimum Gasteiger partial charge on any atom is -0.394 e. The Morgan fingerprint density at radius 3 is 1.01 bits per heavy atom. The monoisotopic (exact) mass is 1570 g/mol. The average Bonchev–Trinajstić information content (AvgIpc) is 0.780. The Morgan fingerprint density at radius 2 is 0.631 bits per heavy atom. The van der Waals surface area contributed by atoms with E-state index in [-0.39, 0.29) is 18.9 Å². The highest BCUT2D eigenvalue weighted by Gasteiger charge is 2.54. The highest BCUT2D eigenvalue weighted by Crippen LogP contribution is 2.33. The number of rotatable bonds is 70. The van der Waals surface area contributed by atoms with Crippen LogP contribution in [-0.4, -0.2) is 193 Å². The second-order valence-corrected chi connectivity index (χ2v) is 31.0. The standard InChI is InChI=1S/C92H159NO18/c1-3-5-7-9-11-13-15-17-19-21-23-25-27-29-30-31-32-33-34-35-36-37-38-39-40-41-42-43-44-46-48-50-52-54-56-58-60-62-64-66-68-70-80(98)93-75(76(97)69-67-65-63-61-59-57-55-53-51-49-47-45-28-26-24-22-20-18-16-14-12-10-8-6-4-2)74-106-90-86(104)83(101)88(78(72-95)108-90)111-92-87(105)84(102)89(79(73-96)109-92)110-91-85(103)82(100)81(99)77(71-94)107-91/h5,7,11,13,17,19,23,25,29-30,32-33,35-36,51,53,59,61,67,69,75-79,81-92,94-97,99-105H,3-4,6,8-10,12,14-16,18,20-22,24,26-28,31,34,37-50,52,54-58,60,62-66,68,70-74H2,1-2H3,(H,93,98)/b7-5-,13-11-,19-17-,25-23-,30-29-,33-32-,36-35-,53-51+,61-59+,69-67+. The van der Waals surface area contributed by atoms with E-state index in [0.717, 1.165) is 89.9 Å². The number of carbonyl (C=O) groups excluding carboxylic acids is 1. The van der Waals surface area contributed by atoms with Crippen LogP contribution in [0.2, 0.25) is 0 Å². The number of unbranched alkanes of at least 4 members (excludes halogenated alkanes) is 36. The lowest BCUT2D eigenvalue weighted by Gasteiger charge is -2.48. The van der Waals surface area contributed by atoms with Crippen LogP contribution < -0.4 is 5.32 Å². The molecule has 0 aliphatic carbocycles. The quantitative estimate of drug-likeness (QED) is 0.0199. The molecule has 0 aromatic carbocycles. The maximum absolute atomic E-state index is 13.5. The van der Waals surface area contributed by atoms with Crippen LogP contribution in [0.5, 0.6) is 0 Å². The topological polar surface area (TPSA) is 307 Å². The van der Waals surface area contributed by atoms with Crippen molar-refractivity contribution in [2.24, 2.45) is 0 Å². The molecule has 640 valence electrons. The van der Waals surface area contributed by atoms with Crippen molar-refractivity contribution in [2.45, 2.75) is 426 Å². The van der Waals surface area contributed by atoms with Gasteiger partial charge in [0, 0.05) is 6.42 Å². The van der Waals surface area contributed by atoms with Crippen LogP contribution in [-0.2, 0) is 33.2 Å². The normalized spacial score (nSPS) is 25.6. The fourth-order valence-electron chi connectivity index (χ4n) is 14.2. The van der Waals surface area contributed by atoms with Crippen LogP contribution in [0.15, 0.2) is 122 Å². The summed E-state index contributed by atoms with van der Waals surface area (Å²) in [7, 11) is 0. The SMILES string of the molecule is CC/C=C\C/C=C\C/C=C\C/C=C\C/C=C\C/C=C\C/C=C\CCCCCCCCCCCCCCCCCCCCCC(=O)NC(COC1OC(CO)C(OC2OC(CO)C(OC3OC(CO)C(O)C(O)C3O)C(O)C2O)C(O)C1O)C(O)/C=C/CC/C=C/CC/C=C/CCCCCCCCCCCCCCCCC. The molecular formula is C92H159NO18. The van der Waals surface area contributed by atoms with Gasteiger partial charge in [-0.25, -0.2) is 0 Å². The number of hydrogen-bond acceptors (Lipinski definition) is 18. The van der Waals surface area contributed by atoms with E-state index in [9.17, 15) is 61.0 Å². The van der Waals surface area contributed by atoms with Crippen LogP contribution >= 0.6 is 0 Å². The molecule has 12 N–H and O–H groups in total. The van der Waals surface area contributed by atoms with Crippen molar-refractivity contribution in [3.05, 3.63) is 122 Å². The number of hydrogen-bond donors (Lipinski definition) is 12. The Bertz CT molecular complexity index is 2480. The molecule has 19 nitrogen and oxygen atoms in total. The Balaban J connectivity index is 1.32. The first-order valence-electron chi connectivity index (χ1n) is 44.3. The lowest BCUT2D eigenvalue weighted by Crippen LogP contribution is -2.66. The van der Waals surface area contributed by atoms with Gasteiger partial charge in [0.15, 0.2) is 18.9 Å². The fraction of sp³-hybridized carbons (Fsp3) is 0.772. The van der Waals surface area contributed by atoms with Crippen molar-refractivity contribution in [3.8, 4) is 0 Å². The Labute approximate surface area is 671 Å². The molecule has 0 spiro atoms. The minimum absolute atomic E-state index is 0.229. The van der Waals surface area contributed by atoms with E-state index in [1.54, 1.807) is 6.08 Å². The van der Waals surface area contributed by atoms with Crippen molar-refractivity contribution < 1.29 is 89.4 Å². The molecule has 0 aromatic heterocycles. The Morgan fingerprint density at radius 1 is 0.333 bits per heavy atom. The van der Waals surface area contributed by atoms with Crippen LogP contribution in [0.4, 0.5) is 0 Å². The Kier molecular flexibility index (Phi) is 64.3. The molecule has 17 atom stereocenters. The summed E-state index contributed by atoms with van der Waals surface area (Å²) >= 11 is 0. The molecule has 0 radical (unpaired) electrons. The summed E-state index contributed by atoms with van der Waals surface area (Å²) in [5.41, 5.74) is 0. The molecule has 0 aromatic rings. The summed E-state index contributed by atoms with van der Waals surface area (Å²) in [5.74, 6) is -0.288. The van der Waals surface area contributed by atoms with Gasteiger partial charge >= 0.3 is 0 Å². The van der Waals surface area contributed by atoms with Gasteiger partial charge in [-0.05, 0) is 103 Å². The summed E-state index contributed by atoms with van der Waals surface area (Å²) in [6.07, 6.45) is 73.5. The van der Waals surface area contributed by atoms with Crippen molar-refractivity contribution in [1.82, 2.24) is 5.32 Å². The molecule has 3 aliphatic rings. The van der Waals surface area contributed by atoms with Crippen molar-refractivity contribution >= 4 is 5.91 Å². The summed E-state index contributed by atoms with van der Waals surface area (Å²) in [6.45, 7) is 1.62. The highest BCUT2D eigenvalue weighted by atomic mass is 16.8. The molecule has 3 saturated heterocycles. The zero-order valence-electron chi connectivity index (χ0n) is 68.9. The van der Waals surface area contributed by atoms with Gasteiger partial charge in [-0.1, -0.05) is 334 Å². The van der Waals surface area contributed by atoms with Crippen LogP contribution in [0.3, 0.4) is 0 Å². The van der Waals surface area contributed by atoms with Gasteiger partial charge in [0.1, 0.15) is 73.2 Å². The first-order valence-corrected chi connectivity index (χ1v) is 44.3. The predicted octanol–water partition coefficient (Wildman–Crippen LogP) is 16.6. The molecule has 3 heterocycles. The van der Waals surface area contributed by atoms with Crippen molar-refractivity contribution in [2.75, 3.05) is 26.4 Å². The molecule has 3 fully saturated rings. The number of amides is 1. The van der Waals surface area contributed by atoms with Gasteiger partial charge in [-0.2, -0.15) is 0 Å². The van der Waals surface area contributed by atoms with Crippen molar-refractivity contribution in [1.29, 1.82) is 0 Å². The molecule has 111 heavy (non-hydrogen) atoms. The Hall–Kier alpha value is -3.81. The minimum atomic E-state index is -1.99. The number of aliphatic hydroxyl groups excluding tert-OH is 11. The number of allylic oxidation sites excluding steroid dienone is 19. The molecule has 3 rings (SSSR count). The van der Waals surface area contributed by atoms with E-state index < -0.39 is 124 Å². The van der Waals surface area contributed by atoms with E-state index >= 15 is 0 Å². The molecule has 17 unspecified atom stereocenters. The third-order valence-corrected chi connectivity index (χ3v) is 21.2. The van der Waals surface area contributed by atoms with Crippen LogP contribution in [0, 0.1) is 0 Å². The second-order valence-electron chi connectivity index (χ2n) is 31.0. The molecular weight excluding hydrogens is 1410 g/mol. The number of nitrogens with one attached hydrogen (secondary N) is 1. The van der Waals surface area contributed by atoms with Gasteiger partial charge in [-0.15, -0.1) is 0 Å². The summed E-state index contributed by atoms with van der Waals surface area (Å²) in [6, 6.07) is -1.00. The van der Waals surface area contributed by atoms with Crippen LogP contribution in [0.1, 0.15) is 322 Å². The van der Waals surface area contributed by atoms with Gasteiger partial charge < -0.3 is 89.9 Å². The smallest absolute Gasteiger partial charge is 0.220 e. The highest BCUT2D eigenvalue weighted by molar-refractivity contribution is 5.76. The fourth-order valence-corrected chi connectivity index (χ4v) is 14.2. The third kappa shape index (κ3) is 49.1. The molecule has 3 aliphatic heterocycles. The van der Waals surface area contributed by atoms with Gasteiger partial charge in [0.25, 0.3) is 0 Å². The first-order chi connectivity index (χ1) is 54.3.